The van der Waals surface area contributed by atoms with E-state index in [0.717, 1.165) is 11.0 Å². The summed E-state index contributed by atoms with van der Waals surface area (Å²) >= 11 is 1.39. The molecule has 1 heterocycles. The average Bonchev–Trinajstić information content (AvgIpc) is 2.39. The average molecular weight is 298 g/mol. The summed E-state index contributed by atoms with van der Waals surface area (Å²) in [6.07, 6.45) is 3.06. The van der Waals surface area contributed by atoms with Crippen LogP contribution in [0, 0.1) is 5.82 Å². The third kappa shape index (κ3) is 3.05. The highest BCUT2D eigenvalue weighted by molar-refractivity contribution is 7.99. The molecular formula is C12H11FN2O2S2. The lowest BCUT2D eigenvalue weighted by Crippen LogP contribution is -2.16. The zero-order valence-corrected chi connectivity index (χ0v) is 11.6. The summed E-state index contributed by atoms with van der Waals surface area (Å²) in [6, 6.07) is 9.28. The first kappa shape index (κ1) is 13.8. The van der Waals surface area contributed by atoms with Crippen LogP contribution in [0.15, 0.2) is 52.5 Å². The second kappa shape index (κ2) is 5.58. The van der Waals surface area contributed by atoms with Gasteiger partial charge < -0.3 is 0 Å². The van der Waals surface area contributed by atoms with Gasteiger partial charge in [-0.2, -0.15) is 8.42 Å². The maximum atomic E-state index is 13.5. The standard InChI is InChI=1S/C12H11FN2O2S2/c1-18-11-7-3-2-6-10(11)15-19(16,17)12-9(13)5-4-8-14-12/h2-8,15H,1H3. The number of anilines is 1. The number of halogens is 1. The predicted octanol–water partition coefficient (Wildman–Crippen LogP) is 2.74. The number of thioether (sulfide) groups is 1. The lowest BCUT2D eigenvalue weighted by Gasteiger charge is -2.10. The number of nitrogens with zero attached hydrogens (tertiary/aromatic N) is 1. The first-order valence-electron chi connectivity index (χ1n) is 5.31. The van der Waals surface area contributed by atoms with Crippen LogP contribution >= 0.6 is 11.8 Å². The number of hydrogen-bond acceptors (Lipinski definition) is 4. The molecule has 0 fully saturated rings. The van der Waals surface area contributed by atoms with E-state index in [0.29, 0.717) is 5.69 Å². The van der Waals surface area contributed by atoms with Gasteiger partial charge in [-0.15, -0.1) is 11.8 Å². The van der Waals surface area contributed by atoms with Crippen molar-refractivity contribution < 1.29 is 12.8 Å². The summed E-state index contributed by atoms with van der Waals surface area (Å²) in [6.45, 7) is 0. The van der Waals surface area contributed by atoms with E-state index in [-0.39, 0.29) is 0 Å². The number of rotatable bonds is 4. The van der Waals surface area contributed by atoms with Crippen LogP contribution < -0.4 is 4.72 Å². The second-order valence-electron chi connectivity index (χ2n) is 3.60. The van der Waals surface area contributed by atoms with Crippen LogP contribution in [0.25, 0.3) is 0 Å². The van der Waals surface area contributed by atoms with Gasteiger partial charge in [0.1, 0.15) is 0 Å². The monoisotopic (exact) mass is 298 g/mol. The van der Waals surface area contributed by atoms with Gasteiger partial charge in [-0.1, -0.05) is 12.1 Å². The fourth-order valence-corrected chi connectivity index (χ4v) is 3.20. The largest absolute Gasteiger partial charge is 0.282 e. The minimum atomic E-state index is -4.03. The number of sulfonamides is 1. The normalized spacial score (nSPS) is 11.3. The Hall–Kier alpha value is -1.60. The van der Waals surface area contributed by atoms with Gasteiger partial charge in [-0.05, 0) is 30.5 Å². The Morgan fingerprint density at radius 3 is 2.63 bits per heavy atom. The molecule has 0 spiro atoms. The molecule has 0 saturated carbocycles. The zero-order chi connectivity index (χ0) is 13.9. The summed E-state index contributed by atoms with van der Waals surface area (Å²) < 4.78 is 40.0. The molecule has 1 aromatic carbocycles. The minimum Gasteiger partial charge on any atom is -0.277 e. The predicted molar refractivity (Wildman–Crippen MR) is 73.2 cm³/mol. The van der Waals surface area contributed by atoms with Crippen molar-refractivity contribution in [3.63, 3.8) is 0 Å². The fourth-order valence-electron chi connectivity index (χ4n) is 1.49. The topological polar surface area (TPSA) is 59.1 Å². The summed E-state index contributed by atoms with van der Waals surface area (Å²) in [5.41, 5.74) is 0.403. The van der Waals surface area contributed by atoms with Crippen molar-refractivity contribution in [3.05, 3.63) is 48.4 Å². The molecular weight excluding hydrogens is 287 g/mol. The van der Waals surface area contributed by atoms with Crippen LogP contribution in [0.3, 0.4) is 0 Å². The van der Waals surface area contributed by atoms with Gasteiger partial charge in [-0.3, -0.25) is 4.72 Å². The van der Waals surface area contributed by atoms with Crippen molar-refractivity contribution in [1.82, 2.24) is 4.98 Å². The van der Waals surface area contributed by atoms with Crippen molar-refractivity contribution in [2.45, 2.75) is 9.92 Å². The van der Waals surface area contributed by atoms with E-state index in [1.165, 1.54) is 24.0 Å². The van der Waals surface area contributed by atoms with Crippen LogP contribution in [-0.2, 0) is 10.0 Å². The molecule has 7 heteroatoms. The van der Waals surface area contributed by atoms with Gasteiger partial charge in [0.05, 0.1) is 5.69 Å². The number of para-hydroxylation sites is 1. The van der Waals surface area contributed by atoms with Gasteiger partial charge in [0, 0.05) is 11.1 Å². The lowest BCUT2D eigenvalue weighted by molar-refractivity contribution is 0.556. The van der Waals surface area contributed by atoms with E-state index in [4.69, 9.17) is 0 Å². The van der Waals surface area contributed by atoms with Crippen LogP contribution in [0.4, 0.5) is 10.1 Å². The molecule has 1 N–H and O–H groups in total. The van der Waals surface area contributed by atoms with Gasteiger partial charge >= 0.3 is 0 Å². The summed E-state index contributed by atoms with van der Waals surface area (Å²) in [5, 5.41) is -0.606. The molecule has 19 heavy (non-hydrogen) atoms. The Bertz CT molecular complexity index is 690. The molecule has 0 radical (unpaired) electrons. The summed E-state index contributed by atoms with van der Waals surface area (Å²) in [5.74, 6) is -0.878. The molecule has 0 aliphatic heterocycles. The minimum absolute atomic E-state index is 0.403. The molecule has 2 aromatic rings. The summed E-state index contributed by atoms with van der Waals surface area (Å²) in [7, 11) is -4.03. The molecule has 4 nitrogen and oxygen atoms in total. The molecule has 100 valence electrons. The Morgan fingerprint density at radius 2 is 1.95 bits per heavy atom. The highest BCUT2D eigenvalue weighted by atomic mass is 32.2. The molecule has 0 aliphatic rings. The third-order valence-electron chi connectivity index (χ3n) is 2.33. The fraction of sp³-hybridized carbons (Fsp3) is 0.0833. The Kier molecular flexibility index (Phi) is 4.06. The number of pyridine rings is 1. The summed E-state index contributed by atoms with van der Waals surface area (Å²) in [4.78, 5) is 4.32. The number of aromatic nitrogens is 1. The molecule has 2 rings (SSSR count). The Morgan fingerprint density at radius 1 is 1.21 bits per heavy atom. The van der Waals surface area contributed by atoms with E-state index in [9.17, 15) is 12.8 Å². The van der Waals surface area contributed by atoms with Gasteiger partial charge in [0.25, 0.3) is 10.0 Å². The van der Waals surface area contributed by atoms with Gasteiger partial charge in [0.15, 0.2) is 5.82 Å². The number of nitrogens with one attached hydrogen (secondary N) is 1. The van der Waals surface area contributed by atoms with E-state index >= 15 is 0 Å². The van der Waals surface area contributed by atoms with Crippen LogP contribution in [-0.4, -0.2) is 19.7 Å². The highest BCUT2D eigenvalue weighted by Gasteiger charge is 2.21. The molecule has 0 aliphatic carbocycles. The van der Waals surface area contributed by atoms with E-state index in [1.54, 1.807) is 24.3 Å². The SMILES string of the molecule is CSc1ccccc1NS(=O)(=O)c1ncccc1F. The Balaban J connectivity index is 2.40. The van der Waals surface area contributed by atoms with Gasteiger partial charge in [-0.25, -0.2) is 9.37 Å². The maximum absolute atomic E-state index is 13.5. The second-order valence-corrected chi connectivity index (χ2v) is 6.04. The first-order chi connectivity index (χ1) is 9.04. The molecule has 0 unspecified atom stereocenters. The van der Waals surface area contributed by atoms with Crippen molar-refractivity contribution >= 4 is 27.5 Å². The van der Waals surface area contributed by atoms with Crippen molar-refractivity contribution in [2.24, 2.45) is 0 Å². The maximum Gasteiger partial charge on any atom is 0.282 e. The molecule has 0 atom stereocenters. The third-order valence-corrected chi connectivity index (χ3v) is 4.42. The van der Waals surface area contributed by atoms with Crippen LogP contribution in [0.5, 0.6) is 0 Å². The highest BCUT2D eigenvalue weighted by Crippen LogP contribution is 2.26. The lowest BCUT2D eigenvalue weighted by atomic mass is 10.3. The van der Waals surface area contributed by atoms with Crippen LogP contribution in [0.2, 0.25) is 0 Å². The smallest absolute Gasteiger partial charge is 0.277 e. The first-order valence-corrected chi connectivity index (χ1v) is 8.02. The number of benzene rings is 1. The van der Waals surface area contributed by atoms with Crippen molar-refractivity contribution in [1.29, 1.82) is 0 Å². The number of hydrogen-bond donors (Lipinski definition) is 1. The molecule has 1 aromatic heterocycles. The van der Waals surface area contributed by atoms with E-state index in [2.05, 4.69) is 9.71 Å². The van der Waals surface area contributed by atoms with E-state index in [1.807, 2.05) is 6.26 Å². The van der Waals surface area contributed by atoms with Crippen LogP contribution in [0.1, 0.15) is 0 Å². The zero-order valence-electron chi connectivity index (χ0n) is 10.00. The molecule has 0 saturated heterocycles. The van der Waals surface area contributed by atoms with Crippen molar-refractivity contribution in [3.8, 4) is 0 Å². The molecule has 0 amide bonds. The Labute approximate surface area is 115 Å². The van der Waals surface area contributed by atoms with Crippen molar-refractivity contribution in [2.75, 3.05) is 11.0 Å². The van der Waals surface area contributed by atoms with Gasteiger partial charge in [0.2, 0.25) is 5.03 Å². The van der Waals surface area contributed by atoms with E-state index < -0.39 is 20.9 Å². The quantitative estimate of drug-likeness (QED) is 0.882. The molecule has 0 bridgehead atoms.